The molecule has 0 aliphatic rings. The number of carboxylic acids is 1. The smallest absolute Gasteiger partial charge is 0.303 e. The SMILES string of the molecule is Cc1ccc(C(N)=O)c(NC(=O)CCC(=O)O)c1. The van der Waals surface area contributed by atoms with Gasteiger partial charge >= 0.3 is 5.97 Å². The molecule has 1 rings (SSSR count). The van der Waals surface area contributed by atoms with Crippen LogP contribution in [0.15, 0.2) is 18.2 Å². The van der Waals surface area contributed by atoms with Crippen LogP contribution < -0.4 is 11.1 Å². The van der Waals surface area contributed by atoms with Gasteiger partial charge in [-0.25, -0.2) is 0 Å². The molecule has 0 saturated carbocycles. The van der Waals surface area contributed by atoms with Crippen molar-refractivity contribution in [3.63, 3.8) is 0 Å². The Kier molecular flexibility index (Phi) is 4.42. The number of carbonyl (C=O) groups excluding carboxylic acids is 2. The number of nitrogens with one attached hydrogen (secondary N) is 1. The molecule has 0 heterocycles. The van der Waals surface area contributed by atoms with Crippen LogP contribution in [-0.2, 0) is 9.59 Å². The van der Waals surface area contributed by atoms with Crippen molar-refractivity contribution < 1.29 is 19.5 Å². The molecule has 4 N–H and O–H groups in total. The second-order valence-electron chi connectivity index (χ2n) is 3.86. The fraction of sp³-hybridized carbons (Fsp3) is 0.250. The van der Waals surface area contributed by atoms with Crippen LogP contribution >= 0.6 is 0 Å². The first-order valence-corrected chi connectivity index (χ1v) is 5.32. The molecule has 0 aromatic heterocycles. The number of amides is 2. The Morgan fingerprint density at radius 2 is 1.94 bits per heavy atom. The summed E-state index contributed by atoms with van der Waals surface area (Å²) < 4.78 is 0. The molecule has 6 nitrogen and oxygen atoms in total. The lowest BCUT2D eigenvalue weighted by Crippen LogP contribution is -2.18. The highest BCUT2D eigenvalue weighted by molar-refractivity contribution is 6.03. The largest absolute Gasteiger partial charge is 0.481 e. The number of hydrogen-bond donors (Lipinski definition) is 3. The fourth-order valence-corrected chi connectivity index (χ4v) is 1.41. The number of aliphatic carboxylic acids is 1. The molecule has 0 saturated heterocycles. The van der Waals surface area contributed by atoms with Gasteiger partial charge in [0.05, 0.1) is 17.7 Å². The molecule has 0 fully saturated rings. The Morgan fingerprint density at radius 3 is 2.50 bits per heavy atom. The van der Waals surface area contributed by atoms with E-state index in [4.69, 9.17) is 10.8 Å². The van der Waals surface area contributed by atoms with Crippen LogP contribution in [0.5, 0.6) is 0 Å². The predicted molar refractivity (Wildman–Crippen MR) is 65.2 cm³/mol. The second-order valence-corrected chi connectivity index (χ2v) is 3.86. The normalized spacial score (nSPS) is 9.83. The lowest BCUT2D eigenvalue weighted by atomic mass is 10.1. The minimum absolute atomic E-state index is 0.151. The summed E-state index contributed by atoms with van der Waals surface area (Å²) in [6.07, 6.45) is -0.412. The minimum atomic E-state index is -1.05. The summed E-state index contributed by atoms with van der Waals surface area (Å²) in [6, 6.07) is 4.83. The van der Waals surface area contributed by atoms with E-state index in [-0.39, 0.29) is 18.4 Å². The molecule has 1 aromatic rings. The maximum Gasteiger partial charge on any atom is 0.303 e. The third kappa shape index (κ3) is 3.89. The third-order valence-corrected chi connectivity index (χ3v) is 2.28. The van der Waals surface area contributed by atoms with Crippen LogP contribution in [0.4, 0.5) is 5.69 Å². The predicted octanol–water partition coefficient (Wildman–Crippen LogP) is 0.897. The Morgan fingerprint density at radius 1 is 1.28 bits per heavy atom. The first kappa shape index (κ1) is 13.7. The first-order valence-electron chi connectivity index (χ1n) is 5.32. The van der Waals surface area contributed by atoms with Crippen molar-refractivity contribution in [2.75, 3.05) is 5.32 Å². The quantitative estimate of drug-likeness (QED) is 0.721. The van der Waals surface area contributed by atoms with Crippen LogP contribution in [0.1, 0.15) is 28.8 Å². The zero-order valence-electron chi connectivity index (χ0n) is 9.90. The average molecular weight is 250 g/mol. The van der Waals surface area contributed by atoms with E-state index in [1.165, 1.54) is 6.07 Å². The average Bonchev–Trinajstić information content (AvgIpc) is 2.26. The maximum atomic E-state index is 11.5. The Bertz CT molecular complexity index is 497. The zero-order chi connectivity index (χ0) is 13.7. The lowest BCUT2D eigenvalue weighted by Gasteiger charge is -2.09. The molecule has 6 heteroatoms. The van der Waals surface area contributed by atoms with E-state index in [1.807, 2.05) is 0 Å². The van der Waals surface area contributed by atoms with E-state index in [9.17, 15) is 14.4 Å². The molecule has 18 heavy (non-hydrogen) atoms. The Balaban J connectivity index is 2.82. The molecule has 2 amide bonds. The number of hydrogen-bond acceptors (Lipinski definition) is 3. The van der Waals surface area contributed by atoms with Gasteiger partial charge in [-0.3, -0.25) is 14.4 Å². The standard InChI is InChI=1S/C12H14N2O4/c1-7-2-3-8(12(13)18)9(6-7)14-10(15)4-5-11(16)17/h2-3,6H,4-5H2,1H3,(H2,13,18)(H,14,15)(H,16,17). The summed E-state index contributed by atoms with van der Waals surface area (Å²) in [5.41, 5.74) is 6.54. The molecule has 0 bridgehead atoms. The molecule has 0 aliphatic heterocycles. The number of anilines is 1. The summed E-state index contributed by atoms with van der Waals surface area (Å²) in [4.78, 5) is 33.0. The van der Waals surface area contributed by atoms with Crippen molar-refractivity contribution in [1.29, 1.82) is 0 Å². The van der Waals surface area contributed by atoms with Gasteiger partial charge in [0.25, 0.3) is 5.91 Å². The van der Waals surface area contributed by atoms with Crippen LogP contribution in [-0.4, -0.2) is 22.9 Å². The van der Waals surface area contributed by atoms with Crippen molar-refractivity contribution in [3.05, 3.63) is 29.3 Å². The van der Waals surface area contributed by atoms with Crippen LogP contribution in [0.3, 0.4) is 0 Å². The van der Waals surface area contributed by atoms with Crippen molar-refractivity contribution in [2.45, 2.75) is 19.8 Å². The van der Waals surface area contributed by atoms with Gasteiger partial charge in [-0.15, -0.1) is 0 Å². The summed E-state index contributed by atoms with van der Waals surface area (Å²) >= 11 is 0. The van der Waals surface area contributed by atoms with Gasteiger partial charge in [-0.1, -0.05) is 6.07 Å². The van der Waals surface area contributed by atoms with E-state index < -0.39 is 17.8 Å². The van der Waals surface area contributed by atoms with E-state index in [1.54, 1.807) is 19.1 Å². The van der Waals surface area contributed by atoms with Crippen LogP contribution in [0.25, 0.3) is 0 Å². The van der Waals surface area contributed by atoms with Gasteiger partial charge in [0.1, 0.15) is 0 Å². The number of benzene rings is 1. The molecule has 0 spiro atoms. The molecule has 0 radical (unpaired) electrons. The van der Waals surface area contributed by atoms with E-state index in [0.717, 1.165) is 5.56 Å². The lowest BCUT2D eigenvalue weighted by molar-refractivity contribution is -0.138. The second kappa shape index (κ2) is 5.81. The number of carboxylic acid groups (broad SMARTS) is 1. The number of carbonyl (C=O) groups is 3. The summed E-state index contributed by atoms with van der Waals surface area (Å²) in [5.74, 6) is -2.17. The third-order valence-electron chi connectivity index (χ3n) is 2.28. The number of primary amides is 1. The zero-order valence-corrected chi connectivity index (χ0v) is 9.90. The van der Waals surface area contributed by atoms with E-state index in [2.05, 4.69) is 5.32 Å². The molecule has 1 aromatic carbocycles. The molecular weight excluding hydrogens is 236 g/mol. The van der Waals surface area contributed by atoms with Gasteiger partial charge in [-0.2, -0.15) is 0 Å². The molecule has 0 atom stereocenters. The van der Waals surface area contributed by atoms with Gasteiger partial charge in [0.2, 0.25) is 5.91 Å². The van der Waals surface area contributed by atoms with Gasteiger partial charge in [0.15, 0.2) is 0 Å². The Labute approximate surface area is 104 Å². The molecular formula is C12H14N2O4. The van der Waals surface area contributed by atoms with Gasteiger partial charge in [0, 0.05) is 6.42 Å². The summed E-state index contributed by atoms with van der Waals surface area (Å²) in [5, 5.41) is 10.9. The fourth-order valence-electron chi connectivity index (χ4n) is 1.41. The summed E-state index contributed by atoms with van der Waals surface area (Å²) in [6.45, 7) is 1.80. The van der Waals surface area contributed by atoms with E-state index >= 15 is 0 Å². The van der Waals surface area contributed by atoms with E-state index in [0.29, 0.717) is 5.69 Å². The van der Waals surface area contributed by atoms with Crippen molar-refractivity contribution in [3.8, 4) is 0 Å². The van der Waals surface area contributed by atoms with Crippen molar-refractivity contribution in [2.24, 2.45) is 5.73 Å². The summed E-state index contributed by atoms with van der Waals surface area (Å²) in [7, 11) is 0. The monoisotopic (exact) mass is 250 g/mol. The minimum Gasteiger partial charge on any atom is -0.481 e. The highest BCUT2D eigenvalue weighted by Crippen LogP contribution is 2.17. The Hall–Kier alpha value is -2.37. The number of nitrogens with two attached hydrogens (primary N) is 1. The van der Waals surface area contributed by atoms with Crippen LogP contribution in [0, 0.1) is 6.92 Å². The maximum absolute atomic E-state index is 11.5. The van der Waals surface area contributed by atoms with Crippen molar-refractivity contribution >= 4 is 23.5 Å². The number of aryl methyl sites for hydroxylation is 1. The number of rotatable bonds is 5. The first-order chi connectivity index (χ1) is 8.40. The molecule has 0 unspecified atom stereocenters. The van der Waals surface area contributed by atoms with Gasteiger partial charge < -0.3 is 16.2 Å². The van der Waals surface area contributed by atoms with Gasteiger partial charge in [-0.05, 0) is 24.6 Å². The van der Waals surface area contributed by atoms with Crippen molar-refractivity contribution in [1.82, 2.24) is 0 Å². The molecule has 0 aliphatic carbocycles. The van der Waals surface area contributed by atoms with Crippen LogP contribution in [0.2, 0.25) is 0 Å². The topological polar surface area (TPSA) is 109 Å². The highest BCUT2D eigenvalue weighted by atomic mass is 16.4. The molecule has 96 valence electrons. The highest BCUT2D eigenvalue weighted by Gasteiger charge is 2.12.